The fourth-order valence-electron chi connectivity index (χ4n) is 5.35. The van der Waals surface area contributed by atoms with Gasteiger partial charge in [0.25, 0.3) is 0 Å². The number of hydrogen-bond donors (Lipinski definition) is 1. The molecule has 11 heteroatoms. The van der Waals surface area contributed by atoms with Crippen LogP contribution in [-0.4, -0.2) is 40.7 Å². The SMILES string of the molecule is CC(O)C1CC(=O)N2C[C@H](O[C@H](C)c3cc(C(F)(F)F)cc(C(F)(F)F)c3)C(c3ccc(F)cc3)[C@@H]2C1. The molecule has 0 radical (unpaired) electrons. The van der Waals surface area contributed by atoms with Crippen LogP contribution in [-0.2, 0) is 21.9 Å². The number of halogens is 7. The van der Waals surface area contributed by atoms with E-state index >= 15 is 0 Å². The highest BCUT2D eigenvalue weighted by molar-refractivity contribution is 5.78. The molecule has 0 aromatic heterocycles. The van der Waals surface area contributed by atoms with Crippen molar-refractivity contribution in [1.82, 2.24) is 4.90 Å². The van der Waals surface area contributed by atoms with Gasteiger partial charge >= 0.3 is 12.4 Å². The first-order valence-electron chi connectivity index (χ1n) is 11.8. The number of carbonyl (C=O) groups is 1. The summed E-state index contributed by atoms with van der Waals surface area (Å²) in [5.74, 6) is -1.58. The maximum atomic E-state index is 13.6. The minimum Gasteiger partial charge on any atom is -0.393 e. The molecule has 2 aliphatic heterocycles. The topological polar surface area (TPSA) is 49.8 Å². The van der Waals surface area contributed by atoms with Gasteiger partial charge in [-0.3, -0.25) is 4.79 Å². The lowest BCUT2D eigenvalue weighted by Gasteiger charge is -2.38. The molecule has 202 valence electrons. The van der Waals surface area contributed by atoms with E-state index in [0.717, 1.165) is 0 Å². The van der Waals surface area contributed by atoms with Crippen LogP contribution in [0.2, 0.25) is 0 Å². The van der Waals surface area contributed by atoms with Crippen molar-refractivity contribution < 1.29 is 45.4 Å². The van der Waals surface area contributed by atoms with Crippen LogP contribution in [0.3, 0.4) is 0 Å². The number of amides is 1. The molecule has 0 spiro atoms. The summed E-state index contributed by atoms with van der Waals surface area (Å²) in [5, 5.41) is 10.1. The fourth-order valence-corrected chi connectivity index (χ4v) is 5.35. The quantitative estimate of drug-likeness (QED) is 0.473. The van der Waals surface area contributed by atoms with Crippen LogP contribution in [0.25, 0.3) is 0 Å². The lowest BCUT2D eigenvalue weighted by Crippen LogP contribution is -2.46. The number of hydrogen-bond acceptors (Lipinski definition) is 3. The third-order valence-electron chi connectivity index (χ3n) is 7.29. The Kier molecular flexibility index (Phi) is 7.33. The first-order chi connectivity index (χ1) is 17.1. The minimum atomic E-state index is -5.00. The van der Waals surface area contributed by atoms with Crippen LogP contribution < -0.4 is 0 Å². The van der Waals surface area contributed by atoms with Gasteiger partial charge in [-0.05, 0) is 67.6 Å². The van der Waals surface area contributed by atoms with Gasteiger partial charge in [-0.2, -0.15) is 26.3 Å². The number of fused-ring (bicyclic) bond motifs is 1. The second-order valence-electron chi connectivity index (χ2n) is 9.79. The summed E-state index contributed by atoms with van der Waals surface area (Å²) in [6.45, 7) is 3.00. The van der Waals surface area contributed by atoms with Crippen LogP contribution in [0, 0.1) is 11.7 Å². The first-order valence-corrected chi connectivity index (χ1v) is 11.8. The van der Waals surface area contributed by atoms with Gasteiger partial charge in [-0.1, -0.05) is 12.1 Å². The van der Waals surface area contributed by atoms with E-state index < -0.39 is 59.6 Å². The molecule has 4 rings (SSSR count). The van der Waals surface area contributed by atoms with Crippen molar-refractivity contribution >= 4 is 5.91 Å². The third kappa shape index (κ3) is 5.77. The molecule has 6 atom stereocenters. The average molecular weight is 533 g/mol. The maximum absolute atomic E-state index is 13.6. The van der Waals surface area contributed by atoms with E-state index in [1.807, 2.05) is 0 Å². The van der Waals surface area contributed by atoms with Gasteiger partial charge in [-0.25, -0.2) is 4.39 Å². The van der Waals surface area contributed by atoms with Crippen LogP contribution in [0.15, 0.2) is 42.5 Å². The summed E-state index contributed by atoms with van der Waals surface area (Å²) >= 11 is 0. The van der Waals surface area contributed by atoms with Crippen LogP contribution in [0.5, 0.6) is 0 Å². The Labute approximate surface area is 209 Å². The molecule has 2 fully saturated rings. The molecule has 37 heavy (non-hydrogen) atoms. The fraction of sp³-hybridized carbons (Fsp3) is 0.500. The molecular formula is C26H26F7NO3. The van der Waals surface area contributed by atoms with Crippen LogP contribution >= 0.6 is 0 Å². The molecule has 0 bridgehead atoms. The van der Waals surface area contributed by atoms with E-state index in [1.165, 1.54) is 31.2 Å². The average Bonchev–Trinajstić information content (AvgIpc) is 3.16. The van der Waals surface area contributed by atoms with Gasteiger partial charge < -0.3 is 14.7 Å². The van der Waals surface area contributed by atoms with Crippen LogP contribution in [0.1, 0.15) is 61.0 Å². The number of piperidine rings is 1. The van der Waals surface area contributed by atoms with Crippen molar-refractivity contribution in [3.05, 3.63) is 70.5 Å². The Morgan fingerprint density at radius 3 is 2.05 bits per heavy atom. The highest BCUT2D eigenvalue weighted by atomic mass is 19.4. The molecule has 2 aromatic carbocycles. The van der Waals surface area contributed by atoms with E-state index in [4.69, 9.17) is 4.74 Å². The first kappa shape index (κ1) is 27.4. The molecule has 2 aliphatic rings. The van der Waals surface area contributed by atoms with Gasteiger partial charge in [0.1, 0.15) is 5.82 Å². The lowest BCUT2D eigenvalue weighted by atomic mass is 9.80. The molecule has 2 saturated heterocycles. The van der Waals surface area contributed by atoms with Crippen molar-refractivity contribution in [3.63, 3.8) is 0 Å². The number of aliphatic hydroxyl groups is 1. The number of carbonyl (C=O) groups excluding carboxylic acids is 1. The highest BCUT2D eigenvalue weighted by Crippen LogP contribution is 2.45. The van der Waals surface area contributed by atoms with Crippen molar-refractivity contribution in [2.75, 3.05) is 6.54 Å². The monoisotopic (exact) mass is 533 g/mol. The molecule has 1 amide bonds. The predicted molar refractivity (Wildman–Crippen MR) is 119 cm³/mol. The molecule has 4 nitrogen and oxygen atoms in total. The zero-order valence-electron chi connectivity index (χ0n) is 20.0. The molecule has 0 saturated carbocycles. The van der Waals surface area contributed by atoms with E-state index in [0.29, 0.717) is 24.1 Å². The second kappa shape index (κ2) is 9.90. The molecule has 2 heterocycles. The Morgan fingerprint density at radius 2 is 1.54 bits per heavy atom. The molecule has 3 unspecified atom stereocenters. The summed E-state index contributed by atoms with van der Waals surface area (Å²) in [7, 11) is 0. The number of alkyl halides is 6. The van der Waals surface area contributed by atoms with Gasteiger partial charge in [0.05, 0.1) is 29.4 Å². The molecule has 0 aliphatic carbocycles. The van der Waals surface area contributed by atoms with Crippen molar-refractivity contribution in [2.24, 2.45) is 5.92 Å². The summed E-state index contributed by atoms with van der Waals surface area (Å²) < 4.78 is 99.9. The summed E-state index contributed by atoms with van der Waals surface area (Å²) in [5.41, 5.74) is -2.58. The minimum absolute atomic E-state index is 0.0578. The van der Waals surface area contributed by atoms with Crippen molar-refractivity contribution in [1.29, 1.82) is 0 Å². The summed E-state index contributed by atoms with van der Waals surface area (Å²) in [4.78, 5) is 14.5. The smallest absolute Gasteiger partial charge is 0.393 e. The van der Waals surface area contributed by atoms with Crippen molar-refractivity contribution in [2.45, 2.75) is 69.3 Å². The van der Waals surface area contributed by atoms with Gasteiger partial charge in [0.15, 0.2) is 0 Å². The van der Waals surface area contributed by atoms with Gasteiger partial charge in [0.2, 0.25) is 5.91 Å². The van der Waals surface area contributed by atoms with E-state index in [9.17, 15) is 40.6 Å². The van der Waals surface area contributed by atoms with Gasteiger partial charge in [-0.15, -0.1) is 0 Å². The zero-order valence-corrected chi connectivity index (χ0v) is 20.0. The standard InChI is InChI=1S/C26H26F7NO3/c1-13(35)16-9-21-24(15-3-5-20(27)6-4-15)22(12-34(21)23(36)10-16)37-14(2)17-7-18(25(28,29)30)11-19(8-17)26(31,32)33/h3-8,11,13-14,16,21-22,24,35H,9-10,12H2,1-2H3/t13?,14-,16?,21+,22+,24?/m1/s1. The Hall–Kier alpha value is -2.66. The zero-order chi connectivity index (χ0) is 27.3. The van der Waals surface area contributed by atoms with E-state index in [2.05, 4.69) is 0 Å². The summed E-state index contributed by atoms with van der Waals surface area (Å²) in [6.07, 6.45) is -12.2. The van der Waals surface area contributed by atoms with Gasteiger partial charge in [0, 0.05) is 24.9 Å². The maximum Gasteiger partial charge on any atom is 0.416 e. The third-order valence-corrected chi connectivity index (χ3v) is 7.29. The largest absolute Gasteiger partial charge is 0.416 e. The Bertz CT molecular complexity index is 1100. The number of ether oxygens (including phenoxy) is 1. The number of aliphatic hydroxyl groups excluding tert-OH is 1. The Balaban J connectivity index is 1.69. The molecule has 2 aromatic rings. The summed E-state index contributed by atoms with van der Waals surface area (Å²) in [6, 6.07) is 6.39. The normalized spacial score (nSPS) is 26.2. The number of nitrogens with zero attached hydrogens (tertiary/aromatic N) is 1. The number of benzene rings is 2. The molecule has 1 N–H and O–H groups in total. The van der Waals surface area contributed by atoms with Crippen LogP contribution in [0.4, 0.5) is 30.7 Å². The molecular weight excluding hydrogens is 507 g/mol. The highest BCUT2D eigenvalue weighted by Gasteiger charge is 2.50. The van der Waals surface area contributed by atoms with E-state index in [-0.39, 0.29) is 36.4 Å². The predicted octanol–water partition coefficient (Wildman–Crippen LogP) is 6.09. The Morgan fingerprint density at radius 1 is 0.973 bits per heavy atom. The lowest BCUT2D eigenvalue weighted by molar-refractivity contribution is -0.143. The number of rotatable bonds is 5. The van der Waals surface area contributed by atoms with E-state index in [1.54, 1.807) is 11.8 Å². The second-order valence-corrected chi connectivity index (χ2v) is 9.79. The van der Waals surface area contributed by atoms with Crippen molar-refractivity contribution in [3.8, 4) is 0 Å².